The lowest BCUT2D eigenvalue weighted by molar-refractivity contribution is 0.137. The van der Waals surface area contributed by atoms with Crippen LogP contribution in [0.2, 0.25) is 0 Å². The number of nitrogens with zero attached hydrogens (tertiary/aromatic N) is 2. The first kappa shape index (κ1) is 18.3. The molecule has 6 heteroatoms. The van der Waals surface area contributed by atoms with Crippen LogP contribution in [0.1, 0.15) is 30.2 Å². The molecule has 4 nitrogen and oxygen atoms in total. The van der Waals surface area contributed by atoms with Gasteiger partial charge in [-0.1, -0.05) is 6.07 Å². The molecule has 2 N–H and O–H groups in total. The van der Waals surface area contributed by atoms with E-state index < -0.39 is 6.43 Å². The van der Waals surface area contributed by atoms with Crippen LogP contribution in [0, 0.1) is 6.92 Å². The third kappa shape index (κ3) is 4.96. The number of likely N-dealkylation sites (N-methyl/N-ethyl adjacent to an activating group) is 1. The van der Waals surface area contributed by atoms with Gasteiger partial charge in [0.2, 0.25) is 6.43 Å². The van der Waals surface area contributed by atoms with E-state index in [0.717, 1.165) is 28.1 Å². The van der Waals surface area contributed by atoms with Gasteiger partial charge in [0.15, 0.2) is 0 Å². The van der Waals surface area contributed by atoms with Gasteiger partial charge in [-0.25, -0.2) is 8.78 Å². The first-order valence-electron chi connectivity index (χ1n) is 8.05. The maximum Gasteiger partial charge on any atom is 0.239 e. The molecule has 2 heterocycles. The highest BCUT2D eigenvalue weighted by Gasteiger charge is 2.13. The molecule has 1 aliphatic heterocycles. The van der Waals surface area contributed by atoms with Crippen LogP contribution in [0.25, 0.3) is 0 Å². The second kappa shape index (κ2) is 8.68. The molecule has 0 amide bonds. The van der Waals surface area contributed by atoms with Crippen LogP contribution in [0.5, 0.6) is 0 Å². The van der Waals surface area contributed by atoms with Crippen LogP contribution in [-0.4, -0.2) is 30.7 Å². The maximum absolute atomic E-state index is 12.3. The lowest BCUT2D eigenvalue weighted by Crippen LogP contribution is -2.31. The minimum atomic E-state index is -2.29. The molecule has 1 aliphatic rings. The van der Waals surface area contributed by atoms with E-state index in [1.807, 2.05) is 45.5 Å². The first-order valence-corrected chi connectivity index (χ1v) is 8.05. The van der Waals surface area contributed by atoms with Gasteiger partial charge in [-0.05, 0) is 50.7 Å². The van der Waals surface area contributed by atoms with E-state index in [0.29, 0.717) is 13.0 Å². The van der Waals surface area contributed by atoms with Crippen LogP contribution in [-0.2, 0) is 13.0 Å². The van der Waals surface area contributed by atoms with Gasteiger partial charge in [0.1, 0.15) is 0 Å². The van der Waals surface area contributed by atoms with Crippen molar-refractivity contribution in [1.82, 2.24) is 15.6 Å². The Hall–Kier alpha value is -2.08. The SMILES string of the molecule is CNC1C=CNC(C)=C1C=NCc1cnc(CCC(F)F)c(C)c1. The molecule has 0 spiro atoms. The molecule has 2 rings (SSSR count). The van der Waals surface area contributed by atoms with E-state index in [2.05, 4.69) is 20.6 Å². The highest BCUT2D eigenvalue weighted by molar-refractivity contribution is 5.82. The quantitative estimate of drug-likeness (QED) is 0.753. The highest BCUT2D eigenvalue weighted by Crippen LogP contribution is 2.14. The Kier molecular flexibility index (Phi) is 6.61. The smallest absolute Gasteiger partial charge is 0.239 e. The number of allylic oxidation sites excluding steroid dienone is 1. The maximum atomic E-state index is 12.3. The van der Waals surface area contributed by atoms with Crippen molar-refractivity contribution in [3.8, 4) is 0 Å². The second-order valence-corrected chi connectivity index (χ2v) is 5.86. The van der Waals surface area contributed by atoms with Crippen molar-refractivity contribution in [3.63, 3.8) is 0 Å². The number of nitrogens with one attached hydrogen (secondary N) is 2. The summed E-state index contributed by atoms with van der Waals surface area (Å²) in [6, 6.07) is 2.12. The van der Waals surface area contributed by atoms with Crippen LogP contribution < -0.4 is 10.6 Å². The fourth-order valence-corrected chi connectivity index (χ4v) is 2.62. The predicted molar refractivity (Wildman–Crippen MR) is 93.3 cm³/mol. The number of dihydropyridines is 1. The van der Waals surface area contributed by atoms with Gasteiger partial charge in [-0.3, -0.25) is 9.98 Å². The average Bonchev–Trinajstić information content (AvgIpc) is 2.55. The van der Waals surface area contributed by atoms with Gasteiger partial charge in [-0.2, -0.15) is 0 Å². The molecule has 0 aliphatic carbocycles. The van der Waals surface area contributed by atoms with Crippen molar-refractivity contribution < 1.29 is 8.78 Å². The Morgan fingerprint density at radius 1 is 1.42 bits per heavy atom. The molecule has 1 aromatic rings. The van der Waals surface area contributed by atoms with Crippen LogP contribution in [0.15, 0.2) is 40.8 Å². The Labute approximate surface area is 141 Å². The van der Waals surface area contributed by atoms with Crippen molar-refractivity contribution in [2.75, 3.05) is 7.05 Å². The summed E-state index contributed by atoms with van der Waals surface area (Å²) in [6.07, 6.45) is 5.42. The minimum absolute atomic E-state index is 0.145. The van der Waals surface area contributed by atoms with Crippen LogP contribution in [0.3, 0.4) is 0 Å². The normalized spacial score (nSPS) is 17.8. The predicted octanol–water partition coefficient (Wildman–Crippen LogP) is 3.14. The van der Waals surface area contributed by atoms with Crippen molar-refractivity contribution in [2.24, 2.45) is 4.99 Å². The van der Waals surface area contributed by atoms with Crippen molar-refractivity contribution in [3.05, 3.63) is 52.6 Å². The fourth-order valence-electron chi connectivity index (χ4n) is 2.62. The standard InChI is InChI=1S/C18H24F2N4/c1-12-8-14(10-24-16(12)4-5-18(19)20)9-22-11-15-13(2)23-7-6-17(15)21-3/h6-8,10-11,17-18,21,23H,4-5,9H2,1-3H3. The second-order valence-electron chi connectivity index (χ2n) is 5.86. The number of aromatic nitrogens is 1. The summed E-state index contributed by atoms with van der Waals surface area (Å²) in [6.45, 7) is 4.43. The average molecular weight is 334 g/mol. The molecule has 0 saturated carbocycles. The van der Waals surface area contributed by atoms with Crippen molar-refractivity contribution >= 4 is 6.21 Å². The zero-order valence-electron chi connectivity index (χ0n) is 14.3. The number of alkyl halides is 2. The topological polar surface area (TPSA) is 49.3 Å². The lowest BCUT2D eigenvalue weighted by atomic mass is 10.0. The summed E-state index contributed by atoms with van der Waals surface area (Å²) in [4.78, 5) is 8.81. The number of aryl methyl sites for hydroxylation is 2. The number of hydrogen-bond donors (Lipinski definition) is 2. The summed E-state index contributed by atoms with van der Waals surface area (Å²) in [5, 5.41) is 6.40. The Bertz CT molecular complexity index is 650. The van der Waals surface area contributed by atoms with E-state index in [-0.39, 0.29) is 12.5 Å². The van der Waals surface area contributed by atoms with Gasteiger partial charge in [0, 0.05) is 35.8 Å². The fraction of sp³-hybridized carbons (Fsp3) is 0.444. The number of rotatable bonds is 7. The molecule has 0 radical (unpaired) electrons. The summed E-state index contributed by atoms with van der Waals surface area (Å²) in [5.41, 5.74) is 4.81. The molecule has 130 valence electrons. The van der Waals surface area contributed by atoms with E-state index in [9.17, 15) is 8.78 Å². The summed E-state index contributed by atoms with van der Waals surface area (Å²) < 4.78 is 24.6. The van der Waals surface area contributed by atoms with Gasteiger partial charge in [-0.15, -0.1) is 0 Å². The zero-order chi connectivity index (χ0) is 17.5. The first-order chi connectivity index (χ1) is 11.5. The molecular formula is C18H24F2N4. The third-order valence-electron chi connectivity index (χ3n) is 4.01. The van der Waals surface area contributed by atoms with Crippen LogP contribution in [0.4, 0.5) is 8.78 Å². The molecule has 0 bridgehead atoms. The van der Waals surface area contributed by atoms with Crippen molar-refractivity contribution in [2.45, 2.75) is 45.7 Å². The number of halogens is 2. The monoisotopic (exact) mass is 334 g/mol. The largest absolute Gasteiger partial charge is 0.365 e. The molecule has 1 aromatic heterocycles. The van der Waals surface area contributed by atoms with E-state index in [1.54, 1.807) is 6.20 Å². The van der Waals surface area contributed by atoms with E-state index >= 15 is 0 Å². The third-order valence-corrected chi connectivity index (χ3v) is 4.01. The zero-order valence-corrected chi connectivity index (χ0v) is 14.3. The molecule has 0 saturated heterocycles. The van der Waals surface area contributed by atoms with E-state index in [4.69, 9.17) is 0 Å². The lowest BCUT2D eigenvalue weighted by Gasteiger charge is -2.20. The van der Waals surface area contributed by atoms with Gasteiger partial charge in [0.05, 0.1) is 12.6 Å². The number of pyridine rings is 1. The Morgan fingerprint density at radius 3 is 2.88 bits per heavy atom. The molecular weight excluding hydrogens is 310 g/mol. The van der Waals surface area contributed by atoms with Crippen LogP contribution >= 0.6 is 0 Å². The number of hydrogen-bond acceptors (Lipinski definition) is 4. The van der Waals surface area contributed by atoms with Gasteiger partial charge < -0.3 is 10.6 Å². The molecule has 1 unspecified atom stereocenters. The molecule has 0 fully saturated rings. The molecule has 0 aromatic carbocycles. The Balaban J connectivity index is 2.00. The summed E-state index contributed by atoms with van der Waals surface area (Å²) in [5.74, 6) is 0. The van der Waals surface area contributed by atoms with E-state index in [1.165, 1.54) is 0 Å². The number of aliphatic imine (C=N–C) groups is 1. The molecule has 1 atom stereocenters. The highest BCUT2D eigenvalue weighted by atomic mass is 19.3. The van der Waals surface area contributed by atoms with Gasteiger partial charge in [0.25, 0.3) is 0 Å². The Morgan fingerprint density at radius 2 is 2.21 bits per heavy atom. The van der Waals surface area contributed by atoms with Gasteiger partial charge >= 0.3 is 0 Å². The summed E-state index contributed by atoms with van der Waals surface area (Å²) >= 11 is 0. The minimum Gasteiger partial charge on any atom is -0.365 e. The molecule has 24 heavy (non-hydrogen) atoms. The summed E-state index contributed by atoms with van der Waals surface area (Å²) in [7, 11) is 1.91. The van der Waals surface area contributed by atoms with Crippen molar-refractivity contribution in [1.29, 1.82) is 0 Å².